The van der Waals surface area contributed by atoms with Crippen LogP contribution in [-0.2, 0) is 6.54 Å². The standard InChI is InChI=1S/C29H32N4O4/c1-36-23-14-12-22(13-15-23)33-29(35)25-9-4-3-8-24(25)28(34)32(33)17-7-16-30-18-20-31(21-19-30)26-10-5-6-11-27(26)37-2/h3-6,8-15H,7,16-21H2,1-2H3. The number of benzene rings is 3. The van der Waals surface area contributed by atoms with Crippen molar-refractivity contribution < 1.29 is 9.47 Å². The minimum absolute atomic E-state index is 0.160. The Hall–Kier alpha value is -4.04. The van der Waals surface area contributed by atoms with Crippen LogP contribution in [-0.4, -0.2) is 61.2 Å². The van der Waals surface area contributed by atoms with Gasteiger partial charge in [-0.3, -0.25) is 14.5 Å². The minimum atomic E-state index is -0.203. The van der Waals surface area contributed by atoms with Crippen molar-refractivity contribution in [1.29, 1.82) is 0 Å². The monoisotopic (exact) mass is 500 g/mol. The molecule has 0 bridgehead atoms. The normalized spacial score (nSPS) is 14.2. The van der Waals surface area contributed by atoms with Crippen LogP contribution in [0.25, 0.3) is 16.5 Å². The first-order valence-corrected chi connectivity index (χ1v) is 12.6. The van der Waals surface area contributed by atoms with Crippen molar-refractivity contribution in [1.82, 2.24) is 14.3 Å². The molecular weight excluding hydrogens is 468 g/mol. The molecule has 0 atom stereocenters. The molecule has 1 aliphatic heterocycles. The first-order chi connectivity index (χ1) is 18.1. The molecular formula is C29H32N4O4. The number of anilines is 1. The number of ether oxygens (including phenoxy) is 2. The third-order valence-corrected chi connectivity index (χ3v) is 7.02. The van der Waals surface area contributed by atoms with E-state index in [1.54, 1.807) is 55.3 Å². The van der Waals surface area contributed by atoms with Gasteiger partial charge in [0, 0.05) is 39.3 Å². The number of aromatic nitrogens is 2. The quantitative estimate of drug-likeness (QED) is 0.370. The molecule has 0 saturated carbocycles. The average Bonchev–Trinajstić information content (AvgIpc) is 2.96. The lowest BCUT2D eigenvalue weighted by Crippen LogP contribution is -2.47. The van der Waals surface area contributed by atoms with E-state index in [2.05, 4.69) is 15.9 Å². The Balaban J connectivity index is 1.33. The molecule has 8 nitrogen and oxygen atoms in total. The molecule has 1 fully saturated rings. The zero-order valence-corrected chi connectivity index (χ0v) is 21.3. The number of hydrogen-bond donors (Lipinski definition) is 0. The van der Waals surface area contributed by atoms with Gasteiger partial charge in [0.1, 0.15) is 11.5 Å². The number of nitrogens with zero attached hydrogens (tertiary/aromatic N) is 4. The van der Waals surface area contributed by atoms with E-state index in [1.807, 2.05) is 30.3 Å². The second-order valence-corrected chi connectivity index (χ2v) is 9.14. The van der Waals surface area contributed by atoms with E-state index in [1.165, 1.54) is 4.68 Å². The van der Waals surface area contributed by atoms with Crippen LogP contribution in [0.1, 0.15) is 6.42 Å². The van der Waals surface area contributed by atoms with Crippen LogP contribution in [0.5, 0.6) is 11.5 Å². The molecule has 0 N–H and O–H groups in total. The Morgan fingerprint density at radius 2 is 1.35 bits per heavy atom. The van der Waals surface area contributed by atoms with Crippen LogP contribution in [0.4, 0.5) is 5.69 Å². The molecule has 4 aromatic rings. The lowest BCUT2D eigenvalue weighted by molar-refractivity contribution is 0.246. The van der Waals surface area contributed by atoms with E-state index in [0.29, 0.717) is 28.8 Å². The summed E-state index contributed by atoms with van der Waals surface area (Å²) in [4.78, 5) is 31.7. The third-order valence-electron chi connectivity index (χ3n) is 7.02. The van der Waals surface area contributed by atoms with Crippen LogP contribution in [0.15, 0.2) is 82.4 Å². The summed E-state index contributed by atoms with van der Waals surface area (Å²) in [7, 11) is 3.30. The summed E-state index contributed by atoms with van der Waals surface area (Å²) in [5.74, 6) is 1.59. The molecule has 8 heteroatoms. The van der Waals surface area contributed by atoms with Crippen LogP contribution >= 0.6 is 0 Å². The predicted molar refractivity (Wildman–Crippen MR) is 147 cm³/mol. The fraction of sp³-hybridized carbons (Fsp3) is 0.310. The van der Waals surface area contributed by atoms with Gasteiger partial charge >= 0.3 is 0 Å². The van der Waals surface area contributed by atoms with Gasteiger partial charge in [0.25, 0.3) is 11.1 Å². The molecule has 192 valence electrons. The zero-order valence-electron chi connectivity index (χ0n) is 21.3. The van der Waals surface area contributed by atoms with Crippen LogP contribution in [0.3, 0.4) is 0 Å². The largest absolute Gasteiger partial charge is 0.497 e. The summed E-state index contributed by atoms with van der Waals surface area (Å²) < 4.78 is 13.9. The number of hydrogen-bond acceptors (Lipinski definition) is 6. The maximum Gasteiger partial charge on any atom is 0.278 e. The van der Waals surface area contributed by atoms with E-state index >= 15 is 0 Å². The molecule has 1 aromatic heterocycles. The molecule has 0 aliphatic carbocycles. The van der Waals surface area contributed by atoms with Gasteiger partial charge in [0.05, 0.1) is 36.4 Å². The second-order valence-electron chi connectivity index (χ2n) is 9.14. The molecule has 0 spiro atoms. The molecule has 0 unspecified atom stereocenters. The SMILES string of the molecule is COc1ccc(-n2c(=O)c3ccccc3c(=O)n2CCCN2CCN(c3ccccc3OC)CC2)cc1. The number of piperazine rings is 1. The van der Waals surface area contributed by atoms with Gasteiger partial charge in [0.15, 0.2) is 0 Å². The van der Waals surface area contributed by atoms with E-state index in [9.17, 15) is 9.59 Å². The van der Waals surface area contributed by atoms with Crippen LogP contribution in [0, 0.1) is 0 Å². The summed E-state index contributed by atoms with van der Waals surface area (Å²) in [5.41, 5.74) is 1.40. The second kappa shape index (κ2) is 10.9. The number of methoxy groups -OCH3 is 2. The lowest BCUT2D eigenvalue weighted by Gasteiger charge is -2.36. The molecule has 5 rings (SSSR count). The Morgan fingerprint density at radius 1 is 0.703 bits per heavy atom. The van der Waals surface area contributed by atoms with Crippen molar-refractivity contribution in [2.24, 2.45) is 0 Å². The third kappa shape index (κ3) is 4.97. The number of para-hydroxylation sites is 2. The fourth-order valence-corrected chi connectivity index (χ4v) is 5.04. The highest BCUT2D eigenvalue weighted by atomic mass is 16.5. The maximum absolute atomic E-state index is 13.5. The Labute approximate surface area is 215 Å². The van der Waals surface area contributed by atoms with E-state index in [-0.39, 0.29) is 11.1 Å². The Bertz CT molecular complexity index is 1480. The molecule has 1 aliphatic rings. The van der Waals surface area contributed by atoms with E-state index < -0.39 is 0 Å². The molecule has 2 heterocycles. The van der Waals surface area contributed by atoms with E-state index in [0.717, 1.165) is 50.6 Å². The lowest BCUT2D eigenvalue weighted by atomic mass is 10.2. The van der Waals surface area contributed by atoms with E-state index in [4.69, 9.17) is 9.47 Å². The molecule has 3 aromatic carbocycles. The average molecular weight is 501 g/mol. The van der Waals surface area contributed by atoms with Crippen molar-refractivity contribution in [2.45, 2.75) is 13.0 Å². The van der Waals surface area contributed by atoms with Crippen LogP contribution < -0.4 is 25.5 Å². The molecule has 0 amide bonds. The van der Waals surface area contributed by atoms with Gasteiger partial charge in [-0.1, -0.05) is 24.3 Å². The highest BCUT2D eigenvalue weighted by Gasteiger charge is 2.20. The van der Waals surface area contributed by atoms with Gasteiger partial charge in [-0.15, -0.1) is 0 Å². The summed E-state index contributed by atoms with van der Waals surface area (Å²) in [6.07, 6.45) is 0.752. The highest BCUT2D eigenvalue weighted by Crippen LogP contribution is 2.28. The summed E-state index contributed by atoms with van der Waals surface area (Å²) >= 11 is 0. The highest BCUT2D eigenvalue weighted by molar-refractivity contribution is 5.80. The van der Waals surface area contributed by atoms with Gasteiger partial charge in [-0.2, -0.15) is 0 Å². The minimum Gasteiger partial charge on any atom is -0.497 e. The van der Waals surface area contributed by atoms with Crippen molar-refractivity contribution in [2.75, 3.05) is 51.8 Å². The van der Waals surface area contributed by atoms with Gasteiger partial charge < -0.3 is 14.4 Å². The van der Waals surface area contributed by atoms with Gasteiger partial charge in [0.2, 0.25) is 0 Å². The first-order valence-electron chi connectivity index (χ1n) is 12.6. The van der Waals surface area contributed by atoms with Crippen molar-refractivity contribution in [3.8, 4) is 17.2 Å². The Morgan fingerprint density at radius 3 is 2.03 bits per heavy atom. The van der Waals surface area contributed by atoms with Gasteiger partial charge in [-0.25, -0.2) is 9.36 Å². The fourth-order valence-electron chi connectivity index (χ4n) is 5.04. The first kappa shape index (κ1) is 24.6. The topological polar surface area (TPSA) is 68.9 Å². The molecule has 0 radical (unpaired) electrons. The summed E-state index contributed by atoms with van der Waals surface area (Å²) in [6.45, 7) is 4.96. The van der Waals surface area contributed by atoms with Crippen molar-refractivity contribution in [3.05, 3.63) is 93.5 Å². The summed E-state index contributed by atoms with van der Waals surface area (Å²) in [5, 5.41) is 0.870. The summed E-state index contributed by atoms with van der Waals surface area (Å²) in [6, 6.07) is 22.3. The van der Waals surface area contributed by atoms with Gasteiger partial charge in [-0.05, 0) is 55.0 Å². The van der Waals surface area contributed by atoms with Crippen LogP contribution in [0.2, 0.25) is 0 Å². The Kier molecular flexibility index (Phi) is 7.28. The number of fused-ring (bicyclic) bond motifs is 1. The van der Waals surface area contributed by atoms with Crippen molar-refractivity contribution in [3.63, 3.8) is 0 Å². The van der Waals surface area contributed by atoms with Crippen molar-refractivity contribution >= 4 is 16.5 Å². The molecule has 37 heavy (non-hydrogen) atoms. The molecule has 1 saturated heterocycles. The smallest absolute Gasteiger partial charge is 0.278 e. The predicted octanol–water partition coefficient (Wildman–Crippen LogP) is 3.38. The maximum atomic E-state index is 13.5. The number of rotatable bonds is 8. The zero-order chi connectivity index (χ0) is 25.8.